The van der Waals surface area contributed by atoms with Crippen molar-refractivity contribution in [2.24, 2.45) is 0 Å². The van der Waals surface area contributed by atoms with Gasteiger partial charge in [0.25, 0.3) is 0 Å². The third-order valence-electron chi connectivity index (χ3n) is 1.04. The highest BCUT2D eigenvalue weighted by Crippen LogP contribution is 2.03. The van der Waals surface area contributed by atoms with E-state index in [1.165, 1.54) is 5.56 Å². The molecule has 1 rings (SSSR count). The monoisotopic (exact) mass is 184 g/mol. The van der Waals surface area contributed by atoms with Gasteiger partial charge < -0.3 is 0 Å². The number of aromatic nitrogens is 1. The lowest BCUT2D eigenvalue weighted by Gasteiger charge is -1.92. The van der Waals surface area contributed by atoms with Crippen molar-refractivity contribution < 1.29 is 0 Å². The molecule has 0 N–H and O–H groups in total. The first-order valence-electron chi connectivity index (χ1n) is 2.72. The van der Waals surface area contributed by atoms with Gasteiger partial charge in [0.2, 0.25) is 0 Å². The molecule has 0 atom stereocenters. The van der Waals surface area contributed by atoms with Crippen LogP contribution in [0.2, 0.25) is 0 Å². The minimum Gasteiger partial charge on any atom is -0.251 e. The molecular formula is C7H7BrN. The van der Waals surface area contributed by atoms with Gasteiger partial charge in [-0.2, -0.15) is 0 Å². The van der Waals surface area contributed by atoms with Crippen LogP contribution in [-0.4, -0.2) is 4.98 Å². The fraction of sp³-hybridized carbons (Fsp3) is 0.286. The van der Waals surface area contributed by atoms with Crippen molar-refractivity contribution in [3.8, 4) is 0 Å². The van der Waals surface area contributed by atoms with Gasteiger partial charge in [0.15, 0.2) is 0 Å². The number of hydrogen-bond donors (Lipinski definition) is 0. The number of halogens is 1. The molecule has 0 aliphatic rings. The molecule has 0 aromatic carbocycles. The predicted octanol–water partition coefficient (Wildman–Crippen LogP) is 2.09. The van der Waals surface area contributed by atoms with Crippen LogP contribution >= 0.6 is 15.9 Å². The summed E-state index contributed by atoms with van der Waals surface area (Å²) in [6, 6.07) is 3.91. The predicted molar refractivity (Wildman–Crippen MR) is 40.4 cm³/mol. The smallest absolute Gasteiger partial charge is 0.0892 e. The van der Waals surface area contributed by atoms with Crippen molar-refractivity contribution in [3.63, 3.8) is 0 Å². The molecule has 9 heavy (non-hydrogen) atoms. The standard InChI is InChI=1S/C7H7BrN/c1-6-4-7(5-8)2-3-9-6/h2,4H,5H2,1H3. The molecule has 0 saturated heterocycles. The molecule has 1 radical (unpaired) electrons. The van der Waals surface area contributed by atoms with Crippen LogP contribution in [0.4, 0.5) is 0 Å². The lowest BCUT2D eigenvalue weighted by atomic mass is 10.3. The molecule has 0 amide bonds. The number of aryl methyl sites for hydroxylation is 1. The Bertz CT molecular complexity index is 198. The van der Waals surface area contributed by atoms with Crippen molar-refractivity contribution in [1.29, 1.82) is 0 Å². The first-order chi connectivity index (χ1) is 4.33. The summed E-state index contributed by atoms with van der Waals surface area (Å²) in [7, 11) is 0. The van der Waals surface area contributed by atoms with E-state index in [1.54, 1.807) is 0 Å². The molecule has 0 bridgehead atoms. The maximum absolute atomic E-state index is 3.94. The maximum atomic E-state index is 3.94. The van der Waals surface area contributed by atoms with Crippen molar-refractivity contribution in [3.05, 3.63) is 29.6 Å². The molecule has 0 aliphatic carbocycles. The zero-order chi connectivity index (χ0) is 6.69. The quantitative estimate of drug-likeness (QED) is 0.610. The fourth-order valence-corrected chi connectivity index (χ4v) is 0.960. The first kappa shape index (κ1) is 6.75. The van der Waals surface area contributed by atoms with Gasteiger partial charge >= 0.3 is 0 Å². The molecular weight excluding hydrogens is 178 g/mol. The van der Waals surface area contributed by atoms with Crippen molar-refractivity contribution >= 4 is 15.9 Å². The topological polar surface area (TPSA) is 12.9 Å². The second-order valence-corrected chi connectivity index (χ2v) is 2.44. The van der Waals surface area contributed by atoms with Gasteiger partial charge in [-0.25, -0.2) is 0 Å². The van der Waals surface area contributed by atoms with E-state index in [4.69, 9.17) is 0 Å². The Balaban J connectivity index is 2.94. The molecule has 0 fully saturated rings. The summed E-state index contributed by atoms with van der Waals surface area (Å²) in [5, 5.41) is 0.882. The van der Waals surface area contributed by atoms with Gasteiger partial charge in [-0.05, 0) is 24.6 Å². The molecule has 1 nitrogen and oxygen atoms in total. The summed E-state index contributed by atoms with van der Waals surface area (Å²) in [6.45, 7) is 1.96. The van der Waals surface area contributed by atoms with Gasteiger partial charge in [-0.3, -0.25) is 4.98 Å². The van der Waals surface area contributed by atoms with E-state index in [1.807, 2.05) is 19.1 Å². The summed E-state index contributed by atoms with van der Waals surface area (Å²) in [4.78, 5) is 3.94. The van der Waals surface area contributed by atoms with Gasteiger partial charge in [-0.15, -0.1) is 0 Å². The Kier molecular flexibility index (Phi) is 2.22. The summed E-state index contributed by atoms with van der Waals surface area (Å²) >= 11 is 3.34. The van der Waals surface area contributed by atoms with Crippen LogP contribution in [0.5, 0.6) is 0 Å². The highest BCUT2D eigenvalue weighted by Gasteiger charge is 1.88. The minimum absolute atomic E-state index is 0.882. The van der Waals surface area contributed by atoms with E-state index < -0.39 is 0 Å². The number of nitrogens with zero attached hydrogens (tertiary/aromatic N) is 1. The Morgan fingerprint density at radius 1 is 1.78 bits per heavy atom. The average molecular weight is 185 g/mol. The van der Waals surface area contributed by atoms with Crippen LogP contribution in [-0.2, 0) is 5.33 Å². The fourth-order valence-electron chi connectivity index (χ4n) is 0.636. The van der Waals surface area contributed by atoms with Crippen molar-refractivity contribution in [2.45, 2.75) is 12.3 Å². The van der Waals surface area contributed by atoms with E-state index in [0.717, 1.165) is 11.0 Å². The lowest BCUT2D eigenvalue weighted by Crippen LogP contribution is -1.82. The molecule has 1 heterocycles. The third kappa shape index (κ3) is 1.79. The Hall–Kier alpha value is -0.370. The van der Waals surface area contributed by atoms with E-state index in [0.29, 0.717) is 0 Å². The largest absolute Gasteiger partial charge is 0.251 e. The lowest BCUT2D eigenvalue weighted by molar-refractivity contribution is 1.16. The maximum Gasteiger partial charge on any atom is 0.0892 e. The van der Waals surface area contributed by atoms with Crippen molar-refractivity contribution in [2.75, 3.05) is 0 Å². The number of alkyl halides is 1. The van der Waals surface area contributed by atoms with Gasteiger partial charge in [0.05, 0.1) is 6.20 Å². The Morgan fingerprint density at radius 2 is 2.56 bits per heavy atom. The molecule has 1 aromatic heterocycles. The van der Waals surface area contributed by atoms with Crippen LogP contribution in [0.25, 0.3) is 0 Å². The number of pyridine rings is 1. The Labute approximate surface area is 63.2 Å². The molecule has 1 aromatic rings. The molecule has 0 unspecified atom stereocenters. The zero-order valence-electron chi connectivity index (χ0n) is 5.19. The molecule has 0 aliphatic heterocycles. The summed E-state index contributed by atoms with van der Waals surface area (Å²) in [5.74, 6) is 0. The summed E-state index contributed by atoms with van der Waals surface area (Å²) in [5.41, 5.74) is 2.24. The van der Waals surface area contributed by atoms with E-state index >= 15 is 0 Å². The summed E-state index contributed by atoms with van der Waals surface area (Å²) in [6.07, 6.45) is 2.80. The van der Waals surface area contributed by atoms with Gasteiger partial charge in [0.1, 0.15) is 0 Å². The zero-order valence-corrected chi connectivity index (χ0v) is 6.77. The highest BCUT2D eigenvalue weighted by atomic mass is 79.9. The number of rotatable bonds is 1. The first-order valence-corrected chi connectivity index (χ1v) is 3.84. The van der Waals surface area contributed by atoms with Gasteiger partial charge in [0, 0.05) is 11.0 Å². The average Bonchev–Trinajstić information content (AvgIpc) is 1.88. The minimum atomic E-state index is 0.882. The third-order valence-corrected chi connectivity index (χ3v) is 1.69. The second kappa shape index (κ2) is 2.97. The number of hydrogen-bond acceptors (Lipinski definition) is 1. The normalized spacial score (nSPS) is 9.56. The van der Waals surface area contributed by atoms with Crippen LogP contribution in [0.3, 0.4) is 0 Å². The molecule has 47 valence electrons. The molecule has 2 heteroatoms. The van der Waals surface area contributed by atoms with Gasteiger partial charge in [-0.1, -0.05) is 15.9 Å². The highest BCUT2D eigenvalue weighted by molar-refractivity contribution is 9.08. The van der Waals surface area contributed by atoms with E-state index in [2.05, 4.69) is 27.1 Å². The van der Waals surface area contributed by atoms with Crippen LogP contribution in [0.15, 0.2) is 12.1 Å². The van der Waals surface area contributed by atoms with Crippen LogP contribution in [0.1, 0.15) is 11.3 Å². The van der Waals surface area contributed by atoms with Crippen molar-refractivity contribution in [1.82, 2.24) is 4.98 Å². The van der Waals surface area contributed by atoms with E-state index in [9.17, 15) is 0 Å². The van der Waals surface area contributed by atoms with Crippen LogP contribution in [0, 0.1) is 13.1 Å². The van der Waals surface area contributed by atoms with Crippen LogP contribution < -0.4 is 0 Å². The molecule has 0 spiro atoms. The second-order valence-electron chi connectivity index (χ2n) is 1.88. The molecule has 0 saturated carbocycles. The SMILES string of the molecule is Cc1cc(CBr)c[c]n1. The summed E-state index contributed by atoms with van der Waals surface area (Å²) < 4.78 is 0. The Morgan fingerprint density at radius 3 is 3.00 bits per heavy atom. The van der Waals surface area contributed by atoms with E-state index in [-0.39, 0.29) is 0 Å².